The Morgan fingerprint density at radius 3 is 2.71 bits per heavy atom. The Kier molecular flexibility index (Phi) is 5.67. The Balaban J connectivity index is 1.73. The number of hydrogen-bond donors (Lipinski definition) is 1. The van der Waals surface area contributed by atoms with Crippen molar-refractivity contribution in [3.63, 3.8) is 0 Å². The maximum Gasteiger partial charge on any atom is 0.305 e. The minimum atomic E-state index is -0.860. The molecule has 0 saturated carbocycles. The van der Waals surface area contributed by atoms with Gasteiger partial charge < -0.3 is 19.7 Å². The molecule has 7 nitrogen and oxygen atoms in total. The lowest BCUT2D eigenvalue weighted by molar-refractivity contribution is -0.141. The van der Waals surface area contributed by atoms with E-state index in [1.807, 2.05) is 48.5 Å². The molecule has 2 amide bonds. The van der Waals surface area contributed by atoms with Gasteiger partial charge in [-0.05, 0) is 42.2 Å². The highest BCUT2D eigenvalue weighted by Crippen LogP contribution is 2.55. The number of esters is 1. The number of para-hydroxylation sites is 1. The Morgan fingerprint density at radius 1 is 1.13 bits per heavy atom. The number of benzene rings is 2. The fraction of sp³-hybridized carbons (Fsp3) is 0.375. The van der Waals surface area contributed by atoms with Gasteiger partial charge in [0.05, 0.1) is 20.3 Å². The molecule has 1 saturated heterocycles. The molecule has 4 rings (SSSR count). The molecule has 2 aromatic rings. The van der Waals surface area contributed by atoms with Gasteiger partial charge in [-0.2, -0.15) is 0 Å². The van der Waals surface area contributed by atoms with Crippen molar-refractivity contribution in [2.75, 3.05) is 26.1 Å². The van der Waals surface area contributed by atoms with Crippen molar-refractivity contribution >= 4 is 23.5 Å². The zero-order valence-electron chi connectivity index (χ0n) is 17.7. The minimum Gasteiger partial charge on any atom is -0.497 e. The minimum absolute atomic E-state index is 0.0780. The van der Waals surface area contributed by atoms with Crippen LogP contribution in [0.1, 0.15) is 42.9 Å². The SMILES string of the molecule is COC(=O)CCCC(=O)N1CC[C@]2(C(=O)Nc3ccccc32)[C@@H]1c1cccc(OC)c1. The molecule has 2 aliphatic heterocycles. The molecule has 162 valence electrons. The number of methoxy groups -OCH3 is 2. The summed E-state index contributed by atoms with van der Waals surface area (Å²) in [5.74, 6) is 0.167. The lowest BCUT2D eigenvalue weighted by atomic mass is 9.72. The van der Waals surface area contributed by atoms with Gasteiger partial charge in [-0.25, -0.2) is 0 Å². The Morgan fingerprint density at radius 2 is 1.94 bits per heavy atom. The summed E-state index contributed by atoms with van der Waals surface area (Å²) >= 11 is 0. The van der Waals surface area contributed by atoms with Crippen molar-refractivity contribution in [3.8, 4) is 5.75 Å². The summed E-state index contributed by atoms with van der Waals surface area (Å²) in [6, 6.07) is 14.8. The number of fused-ring (bicyclic) bond motifs is 2. The summed E-state index contributed by atoms with van der Waals surface area (Å²) in [7, 11) is 2.93. The summed E-state index contributed by atoms with van der Waals surface area (Å²) in [6.07, 6.45) is 1.34. The van der Waals surface area contributed by atoms with Crippen LogP contribution in [0.25, 0.3) is 0 Å². The van der Waals surface area contributed by atoms with E-state index < -0.39 is 11.5 Å². The van der Waals surface area contributed by atoms with Gasteiger partial charge in [-0.15, -0.1) is 0 Å². The molecular weight excluding hydrogens is 396 g/mol. The molecule has 1 fully saturated rings. The van der Waals surface area contributed by atoms with E-state index in [4.69, 9.17) is 4.74 Å². The van der Waals surface area contributed by atoms with Crippen LogP contribution < -0.4 is 10.1 Å². The van der Waals surface area contributed by atoms with Gasteiger partial charge in [0, 0.05) is 25.1 Å². The van der Waals surface area contributed by atoms with Gasteiger partial charge in [0.2, 0.25) is 11.8 Å². The van der Waals surface area contributed by atoms with E-state index in [2.05, 4.69) is 10.1 Å². The molecule has 0 unspecified atom stereocenters. The molecule has 0 aliphatic carbocycles. The largest absolute Gasteiger partial charge is 0.497 e. The van der Waals surface area contributed by atoms with Crippen LogP contribution in [0.2, 0.25) is 0 Å². The first-order valence-corrected chi connectivity index (χ1v) is 10.4. The molecule has 0 aromatic heterocycles. The van der Waals surface area contributed by atoms with Gasteiger partial charge in [0.1, 0.15) is 11.2 Å². The number of nitrogens with zero attached hydrogens (tertiary/aromatic N) is 1. The maximum atomic E-state index is 13.4. The van der Waals surface area contributed by atoms with Crippen LogP contribution >= 0.6 is 0 Å². The quantitative estimate of drug-likeness (QED) is 0.723. The number of amides is 2. The molecule has 31 heavy (non-hydrogen) atoms. The van der Waals surface area contributed by atoms with Crippen molar-refractivity contribution in [3.05, 3.63) is 59.7 Å². The Labute approximate surface area is 181 Å². The highest BCUT2D eigenvalue weighted by atomic mass is 16.5. The van der Waals surface area contributed by atoms with E-state index in [-0.39, 0.29) is 30.6 Å². The molecule has 2 aliphatic rings. The van der Waals surface area contributed by atoms with E-state index in [9.17, 15) is 14.4 Å². The van der Waals surface area contributed by atoms with Gasteiger partial charge >= 0.3 is 5.97 Å². The topological polar surface area (TPSA) is 84.9 Å². The summed E-state index contributed by atoms with van der Waals surface area (Å²) in [6.45, 7) is 0.459. The average Bonchev–Trinajstić information content (AvgIpc) is 3.33. The Bertz CT molecular complexity index is 1020. The molecular formula is C24H26N2O5. The smallest absolute Gasteiger partial charge is 0.305 e. The number of hydrogen-bond acceptors (Lipinski definition) is 5. The third-order valence-electron chi connectivity index (χ3n) is 6.32. The van der Waals surface area contributed by atoms with Crippen LogP contribution in [0.15, 0.2) is 48.5 Å². The lowest BCUT2D eigenvalue weighted by Gasteiger charge is -2.34. The monoisotopic (exact) mass is 422 g/mol. The number of carbonyl (C=O) groups excluding carboxylic acids is 3. The van der Waals surface area contributed by atoms with Crippen molar-refractivity contribution in [2.45, 2.75) is 37.1 Å². The van der Waals surface area contributed by atoms with Crippen LogP contribution in [-0.4, -0.2) is 43.4 Å². The first-order chi connectivity index (χ1) is 15.0. The summed E-state index contributed by atoms with van der Waals surface area (Å²) in [5, 5.41) is 3.01. The van der Waals surface area contributed by atoms with Crippen molar-refractivity contribution in [1.82, 2.24) is 4.90 Å². The zero-order chi connectivity index (χ0) is 22.0. The fourth-order valence-electron chi connectivity index (χ4n) is 4.86. The number of rotatable bonds is 6. The van der Waals surface area contributed by atoms with Gasteiger partial charge in [-0.1, -0.05) is 30.3 Å². The zero-order valence-corrected chi connectivity index (χ0v) is 17.7. The molecule has 1 spiro atoms. The van der Waals surface area contributed by atoms with Crippen LogP contribution in [0, 0.1) is 0 Å². The van der Waals surface area contributed by atoms with Gasteiger partial charge in [0.25, 0.3) is 0 Å². The van der Waals surface area contributed by atoms with Crippen molar-refractivity contribution in [2.24, 2.45) is 0 Å². The number of carbonyl (C=O) groups is 3. The molecule has 0 radical (unpaired) electrons. The third-order valence-corrected chi connectivity index (χ3v) is 6.32. The highest BCUT2D eigenvalue weighted by molar-refractivity contribution is 6.07. The van der Waals surface area contributed by atoms with Crippen LogP contribution in [-0.2, 0) is 24.5 Å². The highest BCUT2D eigenvalue weighted by Gasteiger charge is 2.59. The van der Waals surface area contributed by atoms with Crippen LogP contribution in [0.5, 0.6) is 5.75 Å². The van der Waals surface area contributed by atoms with E-state index in [0.717, 1.165) is 16.8 Å². The van der Waals surface area contributed by atoms with Crippen LogP contribution in [0.3, 0.4) is 0 Å². The molecule has 2 aromatic carbocycles. The van der Waals surface area contributed by atoms with E-state index in [0.29, 0.717) is 25.1 Å². The van der Waals surface area contributed by atoms with E-state index in [1.165, 1.54) is 7.11 Å². The second-order valence-corrected chi connectivity index (χ2v) is 7.92. The Hall–Kier alpha value is -3.35. The van der Waals surface area contributed by atoms with Crippen LogP contribution in [0.4, 0.5) is 5.69 Å². The second-order valence-electron chi connectivity index (χ2n) is 7.92. The molecule has 1 N–H and O–H groups in total. The first kappa shape index (κ1) is 20.9. The maximum absolute atomic E-state index is 13.4. The molecule has 2 heterocycles. The summed E-state index contributed by atoms with van der Waals surface area (Å²) in [5.41, 5.74) is 1.70. The number of ether oxygens (including phenoxy) is 2. The second kappa shape index (κ2) is 8.41. The van der Waals surface area contributed by atoms with Crippen molar-refractivity contribution < 1.29 is 23.9 Å². The standard InChI is InChI=1S/C24H26N2O5/c1-30-17-8-5-7-16(15-17)22-24(18-9-3-4-10-19(18)25-23(24)29)13-14-26(22)20(27)11-6-12-21(28)31-2/h3-5,7-10,15,22H,6,11-14H2,1-2H3,(H,25,29)/t22-,24+/m0/s1. The summed E-state index contributed by atoms with van der Waals surface area (Å²) in [4.78, 5) is 39.8. The van der Waals surface area contributed by atoms with Gasteiger partial charge in [0.15, 0.2) is 0 Å². The van der Waals surface area contributed by atoms with Gasteiger partial charge in [-0.3, -0.25) is 14.4 Å². The third kappa shape index (κ3) is 3.54. The fourth-order valence-corrected chi connectivity index (χ4v) is 4.86. The number of anilines is 1. The average molecular weight is 422 g/mol. The first-order valence-electron chi connectivity index (χ1n) is 10.4. The number of nitrogens with one attached hydrogen (secondary N) is 1. The molecule has 7 heteroatoms. The molecule has 2 atom stereocenters. The van der Waals surface area contributed by atoms with E-state index >= 15 is 0 Å². The van der Waals surface area contributed by atoms with Crippen molar-refractivity contribution in [1.29, 1.82) is 0 Å². The van der Waals surface area contributed by atoms with E-state index in [1.54, 1.807) is 12.0 Å². The predicted molar refractivity (Wildman–Crippen MR) is 115 cm³/mol. The number of likely N-dealkylation sites (tertiary alicyclic amines) is 1. The lowest BCUT2D eigenvalue weighted by Crippen LogP contribution is -2.42. The summed E-state index contributed by atoms with van der Waals surface area (Å²) < 4.78 is 10.1. The predicted octanol–water partition coefficient (Wildman–Crippen LogP) is 3.20. The molecule has 0 bridgehead atoms. The normalized spacial score (nSPS) is 21.7.